The van der Waals surface area contributed by atoms with E-state index < -0.39 is 4.92 Å². The molecule has 0 saturated carbocycles. The lowest BCUT2D eigenvalue weighted by molar-refractivity contribution is -0.384. The molecular formula is C14H15N3O3. The summed E-state index contributed by atoms with van der Waals surface area (Å²) >= 11 is 0. The van der Waals surface area contributed by atoms with Crippen molar-refractivity contribution in [2.45, 2.75) is 13.3 Å². The lowest BCUT2D eigenvalue weighted by atomic mass is 10.3. The molecule has 0 bridgehead atoms. The zero-order chi connectivity index (χ0) is 14.4. The van der Waals surface area contributed by atoms with Crippen molar-refractivity contribution in [1.29, 1.82) is 0 Å². The Morgan fingerprint density at radius 1 is 1.25 bits per heavy atom. The smallest absolute Gasteiger partial charge is 0.269 e. The van der Waals surface area contributed by atoms with Gasteiger partial charge in [-0.15, -0.1) is 0 Å². The minimum Gasteiger partial charge on any atom is -0.457 e. The number of ether oxygens (including phenoxy) is 1. The van der Waals surface area contributed by atoms with E-state index in [0.29, 0.717) is 11.5 Å². The largest absolute Gasteiger partial charge is 0.457 e. The van der Waals surface area contributed by atoms with Gasteiger partial charge in [0.15, 0.2) is 0 Å². The van der Waals surface area contributed by atoms with Gasteiger partial charge in [-0.1, -0.05) is 6.92 Å². The zero-order valence-electron chi connectivity index (χ0n) is 11.1. The Labute approximate surface area is 116 Å². The Morgan fingerprint density at radius 3 is 2.65 bits per heavy atom. The van der Waals surface area contributed by atoms with E-state index in [1.165, 1.54) is 12.1 Å². The number of hydrogen-bond donors (Lipinski definition) is 1. The normalized spacial score (nSPS) is 10.1. The number of nitrogens with zero attached hydrogens (tertiary/aromatic N) is 2. The zero-order valence-corrected chi connectivity index (χ0v) is 11.1. The van der Waals surface area contributed by atoms with Crippen LogP contribution in [-0.2, 0) is 0 Å². The van der Waals surface area contributed by atoms with Crippen LogP contribution < -0.4 is 10.1 Å². The first-order chi connectivity index (χ1) is 9.69. The highest BCUT2D eigenvalue weighted by Crippen LogP contribution is 2.24. The molecule has 0 amide bonds. The maximum atomic E-state index is 10.6. The lowest BCUT2D eigenvalue weighted by Crippen LogP contribution is -2.01. The third-order valence-corrected chi connectivity index (χ3v) is 2.57. The Kier molecular flexibility index (Phi) is 4.49. The molecule has 1 N–H and O–H groups in total. The molecule has 0 radical (unpaired) electrons. The number of non-ortho nitro benzene ring substituents is 1. The van der Waals surface area contributed by atoms with Gasteiger partial charge in [-0.2, -0.15) is 0 Å². The first kappa shape index (κ1) is 13.8. The number of pyridine rings is 1. The van der Waals surface area contributed by atoms with Gasteiger partial charge in [0.1, 0.15) is 17.3 Å². The predicted molar refractivity (Wildman–Crippen MR) is 76.2 cm³/mol. The van der Waals surface area contributed by atoms with Crippen molar-refractivity contribution in [3.8, 4) is 11.5 Å². The minimum absolute atomic E-state index is 0.0392. The number of rotatable bonds is 6. The van der Waals surface area contributed by atoms with Crippen LogP contribution in [0, 0.1) is 10.1 Å². The van der Waals surface area contributed by atoms with Gasteiger partial charge in [-0.25, -0.2) is 4.98 Å². The van der Waals surface area contributed by atoms with E-state index in [-0.39, 0.29) is 5.69 Å². The second-order valence-electron chi connectivity index (χ2n) is 4.16. The molecule has 20 heavy (non-hydrogen) atoms. The highest BCUT2D eigenvalue weighted by molar-refractivity contribution is 5.43. The topological polar surface area (TPSA) is 77.3 Å². The number of benzene rings is 1. The number of nitro groups is 1. The molecular weight excluding hydrogens is 258 g/mol. The molecule has 1 aromatic heterocycles. The van der Waals surface area contributed by atoms with Crippen molar-refractivity contribution in [2.24, 2.45) is 0 Å². The third-order valence-electron chi connectivity index (χ3n) is 2.57. The van der Waals surface area contributed by atoms with Crippen molar-refractivity contribution in [3.05, 3.63) is 52.7 Å². The minimum atomic E-state index is -0.441. The van der Waals surface area contributed by atoms with Crippen LogP contribution >= 0.6 is 0 Å². The standard InChI is InChI=1S/C14H15N3O3/c1-2-8-15-14-10-13(7-9-16-14)20-12-5-3-11(4-6-12)17(18)19/h3-7,9-10H,2,8H2,1H3,(H,15,16). The summed E-state index contributed by atoms with van der Waals surface area (Å²) in [7, 11) is 0. The SMILES string of the molecule is CCCNc1cc(Oc2ccc([N+](=O)[O-])cc2)ccn1. The molecule has 0 spiro atoms. The Hall–Kier alpha value is -2.63. The molecule has 0 aliphatic heterocycles. The maximum Gasteiger partial charge on any atom is 0.269 e. The first-order valence-electron chi connectivity index (χ1n) is 6.31. The monoisotopic (exact) mass is 273 g/mol. The molecule has 0 fully saturated rings. The quantitative estimate of drug-likeness (QED) is 0.642. The lowest BCUT2D eigenvalue weighted by Gasteiger charge is -2.08. The average Bonchev–Trinajstić information content (AvgIpc) is 2.46. The van der Waals surface area contributed by atoms with Crippen LogP contribution in [0.3, 0.4) is 0 Å². The summed E-state index contributed by atoms with van der Waals surface area (Å²) in [6, 6.07) is 9.48. The van der Waals surface area contributed by atoms with E-state index in [1.807, 2.05) is 0 Å². The number of aromatic nitrogens is 1. The molecule has 104 valence electrons. The van der Waals surface area contributed by atoms with Crippen LogP contribution in [0.4, 0.5) is 11.5 Å². The van der Waals surface area contributed by atoms with Gasteiger partial charge in [0.05, 0.1) is 4.92 Å². The number of nitro benzene ring substituents is 1. The molecule has 6 heteroatoms. The van der Waals surface area contributed by atoms with Gasteiger partial charge in [-0.3, -0.25) is 10.1 Å². The van der Waals surface area contributed by atoms with E-state index >= 15 is 0 Å². The fraction of sp³-hybridized carbons (Fsp3) is 0.214. The first-order valence-corrected chi connectivity index (χ1v) is 6.31. The second kappa shape index (κ2) is 6.51. The van der Waals surface area contributed by atoms with E-state index in [1.54, 1.807) is 30.5 Å². The molecule has 6 nitrogen and oxygen atoms in total. The van der Waals surface area contributed by atoms with Crippen LogP contribution in [0.5, 0.6) is 11.5 Å². The molecule has 0 aliphatic rings. The van der Waals surface area contributed by atoms with Gasteiger partial charge in [0.2, 0.25) is 0 Å². The fourth-order valence-electron chi connectivity index (χ4n) is 1.60. The van der Waals surface area contributed by atoms with Crippen LogP contribution in [-0.4, -0.2) is 16.5 Å². The van der Waals surface area contributed by atoms with E-state index in [9.17, 15) is 10.1 Å². The molecule has 0 unspecified atom stereocenters. The summed E-state index contributed by atoms with van der Waals surface area (Å²) in [5.74, 6) is 1.92. The number of hydrogen-bond acceptors (Lipinski definition) is 5. The van der Waals surface area contributed by atoms with Crippen LogP contribution in [0.25, 0.3) is 0 Å². The summed E-state index contributed by atoms with van der Waals surface area (Å²) in [5.41, 5.74) is 0.0392. The summed E-state index contributed by atoms with van der Waals surface area (Å²) in [6.07, 6.45) is 2.66. The molecule has 2 rings (SSSR count). The molecule has 0 atom stereocenters. The highest BCUT2D eigenvalue weighted by atomic mass is 16.6. The molecule has 1 heterocycles. The number of anilines is 1. The van der Waals surface area contributed by atoms with Gasteiger partial charge < -0.3 is 10.1 Å². The van der Waals surface area contributed by atoms with Crippen LogP contribution in [0.2, 0.25) is 0 Å². The summed E-state index contributed by atoms with van der Waals surface area (Å²) in [5, 5.41) is 13.7. The van der Waals surface area contributed by atoms with E-state index in [0.717, 1.165) is 18.8 Å². The average molecular weight is 273 g/mol. The molecule has 1 aromatic carbocycles. The van der Waals surface area contributed by atoms with Crippen LogP contribution in [0.15, 0.2) is 42.6 Å². The predicted octanol–water partition coefficient (Wildman–Crippen LogP) is 3.60. The van der Waals surface area contributed by atoms with Gasteiger partial charge >= 0.3 is 0 Å². The maximum absolute atomic E-state index is 10.6. The Morgan fingerprint density at radius 2 is 2.00 bits per heavy atom. The highest BCUT2D eigenvalue weighted by Gasteiger charge is 2.05. The van der Waals surface area contributed by atoms with E-state index in [4.69, 9.17) is 4.74 Å². The van der Waals surface area contributed by atoms with Gasteiger partial charge in [0, 0.05) is 30.9 Å². The molecule has 0 saturated heterocycles. The van der Waals surface area contributed by atoms with Gasteiger partial charge in [0.25, 0.3) is 5.69 Å². The van der Waals surface area contributed by atoms with Crippen molar-refractivity contribution in [3.63, 3.8) is 0 Å². The van der Waals surface area contributed by atoms with E-state index in [2.05, 4.69) is 17.2 Å². The van der Waals surface area contributed by atoms with Crippen molar-refractivity contribution < 1.29 is 9.66 Å². The van der Waals surface area contributed by atoms with Gasteiger partial charge in [-0.05, 0) is 24.6 Å². The summed E-state index contributed by atoms with van der Waals surface area (Å²) in [4.78, 5) is 14.3. The van der Waals surface area contributed by atoms with Crippen molar-refractivity contribution in [1.82, 2.24) is 4.98 Å². The van der Waals surface area contributed by atoms with Crippen molar-refractivity contribution in [2.75, 3.05) is 11.9 Å². The number of nitrogens with one attached hydrogen (secondary N) is 1. The third kappa shape index (κ3) is 3.68. The van der Waals surface area contributed by atoms with Crippen molar-refractivity contribution >= 4 is 11.5 Å². The van der Waals surface area contributed by atoms with Crippen LogP contribution in [0.1, 0.15) is 13.3 Å². The molecule has 0 aliphatic carbocycles. The molecule has 2 aromatic rings. The summed E-state index contributed by atoms with van der Waals surface area (Å²) in [6.45, 7) is 2.91. The Bertz CT molecular complexity index is 584. The Balaban J connectivity index is 2.07. The second-order valence-corrected chi connectivity index (χ2v) is 4.16. The summed E-state index contributed by atoms with van der Waals surface area (Å²) < 4.78 is 5.63. The fourth-order valence-corrected chi connectivity index (χ4v) is 1.60.